The van der Waals surface area contributed by atoms with Gasteiger partial charge in [-0.05, 0) is 40.8 Å². The average molecular weight is 324 g/mol. The summed E-state index contributed by atoms with van der Waals surface area (Å²) in [5, 5.41) is 0. The highest BCUT2D eigenvalue weighted by Crippen LogP contribution is 2.23. The van der Waals surface area contributed by atoms with Gasteiger partial charge in [0, 0.05) is 30.8 Å². The van der Waals surface area contributed by atoms with Crippen molar-refractivity contribution >= 4 is 23.5 Å². The molecule has 122 valence electrons. The molecule has 0 bridgehead atoms. The molecule has 0 heterocycles. The molecule has 0 amide bonds. The van der Waals surface area contributed by atoms with E-state index in [2.05, 4.69) is 46.7 Å². The standard InChI is InChI=1S/C15H33NO2S2/c1-7-14(17-9-3)19-11-13(16(5)6)12-20-15(8-2)18-10-4/h13-15H,7-12H2,1-6H3. The molecule has 0 aliphatic rings. The van der Waals surface area contributed by atoms with Gasteiger partial charge in [-0.3, -0.25) is 0 Å². The van der Waals surface area contributed by atoms with E-state index < -0.39 is 0 Å². The predicted molar refractivity (Wildman–Crippen MR) is 93.8 cm³/mol. The molecule has 0 aliphatic heterocycles. The number of nitrogens with zero attached hydrogens (tertiary/aromatic N) is 1. The van der Waals surface area contributed by atoms with Crippen molar-refractivity contribution in [2.24, 2.45) is 0 Å². The predicted octanol–water partition coefficient (Wildman–Crippen LogP) is 3.93. The van der Waals surface area contributed by atoms with E-state index in [4.69, 9.17) is 9.47 Å². The van der Waals surface area contributed by atoms with E-state index in [1.54, 1.807) is 0 Å². The van der Waals surface area contributed by atoms with Gasteiger partial charge < -0.3 is 14.4 Å². The fourth-order valence-corrected chi connectivity index (χ4v) is 4.51. The van der Waals surface area contributed by atoms with Crippen LogP contribution in [0.2, 0.25) is 0 Å². The first-order valence-corrected chi connectivity index (χ1v) is 9.81. The maximum absolute atomic E-state index is 5.72. The molecule has 5 heteroatoms. The van der Waals surface area contributed by atoms with Crippen molar-refractivity contribution in [2.75, 3.05) is 38.8 Å². The fraction of sp³-hybridized carbons (Fsp3) is 1.00. The van der Waals surface area contributed by atoms with Crippen LogP contribution in [0.5, 0.6) is 0 Å². The summed E-state index contributed by atoms with van der Waals surface area (Å²) < 4.78 is 11.4. The van der Waals surface area contributed by atoms with E-state index in [0.29, 0.717) is 16.9 Å². The molecular weight excluding hydrogens is 290 g/mol. The molecule has 0 saturated heterocycles. The minimum absolute atomic E-state index is 0.335. The van der Waals surface area contributed by atoms with E-state index in [1.165, 1.54) is 0 Å². The van der Waals surface area contributed by atoms with Crippen molar-refractivity contribution in [1.29, 1.82) is 0 Å². The third-order valence-electron chi connectivity index (χ3n) is 3.05. The van der Waals surface area contributed by atoms with Gasteiger partial charge in [-0.25, -0.2) is 0 Å². The molecule has 0 aromatic heterocycles. The van der Waals surface area contributed by atoms with Gasteiger partial charge >= 0.3 is 0 Å². The third kappa shape index (κ3) is 9.50. The lowest BCUT2D eigenvalue weighted by atomic mass is 10.4. The lowest BCUT2D eigenvalue weighted by molar-refractivity contribution is 0.122. The van der Waals surface area contributed by atoms with Crippen LogP contribution < -0.4 is 0 Å². The molecule has 0 spiro atoms. The zero-order valence-corrected chi connectivity index (χ0v) is 15.7. The first-order valence-electron chi connectivity index (χ1n) is 7.71. The lowest BCUT2D eigenvalue weighted by Gasteiger charge is -2.27. The number of rotatable bonds is 13. The van der Waals surface area contributed by atoms with Crippen LogP contribution in [0.4, 0.5) is 0 Å². The second-order valence-corrected chi connectivity index (χ2v) is 7.26. The minimum atomic E-state index is 0.335. The van der Waals surface area contributed by atoms with Crippen LogP contribution in [0.25, 0.3) is 0 Å². The number of hydrogen-bond acceptors (Lipinski definition) is 5. The van der Waals surface area contributed by atoms with Crippen molar-refractivity contribution in [3.8, 4) is 0 Å². The number of ether oxygens (including phenoxy) is 2. The van der Waals surface area contributed by atoms with E-state index in [1.807, 2.05) is 23.5 Å². The van der Waals surface area contributed by atoms with Gasteiger partial charge in [0.15, 0.2) is 0 Å². The van der Waals surface area contributed by atoms with Crippen molar-refractivity contribution in [1.82, 2.24) is 4.90 Å². The highest BCUT2D eigenvalue weighted by Gasteiger charge is 2.17. The Bertz CT molecular complexity index is 200. The van der Waals surface area contributed by atoms with Gasteiger partial charge in [-0.1, -0.05) is 13.8 Å². The summed E-state index contributed by atoms with van der Waals surface area (Å²) in [7, 11) is 4.32. The van der Waals surface area contributed by atoms with Crippen LogP contribution in [0, 0.1) is 0 Å². The molecule has 2 unspecified atom stereocenters. The topological polar surface area (TPSA) is 21.7 Å². The number of thioether (sulfide) groups is 2. The van der Waals surface area contributed by atoms with Gasteiger partial charge in [0.1, 0.15) is 10.9 Å². The second-order valence-electron chi connectivity index (χ2n) is 4.87. The fourth-order valence-electron chi connectivity index (χ4n) is 1.72. The smallest absolute Gasteiger partial charge is 0.102 e. The van der Waals surface area contributed by atoms with Gasteiger partial charge in [-0.2, -0.15) is 0 Å². The van der Waals surface area contributed by atoms with E-state index >= 15 is 0 Å². The molecule has 20 heavy (non-hydrogen) atoms. The molecule has 0 N–H and O–H groups in total. The van der Waals surface area contributed by atoms with Crippen molar-refractivity contribution < 1.29 is 9.47 Å². The van der Waals surface area contributed by atoms with Crippen molar-refractivity contribution in [2.45, 2.75) is 57.5 Å². The Morgan fingerprint density at radius 1 is 0.800 bits per heavy atom. The summed E-state index contributed by atoms with van der Waals surface area (Å²) >= 11 is 3.87. The van der Waals surface area contributed by atoms with E-state index in [-0.39, 0.29) is 0 Å². The summed E-state index contributed by atoms with van der Waals surface area (Å²) in [4.78, 5) is 2.32. The first-order chi connectivity index (χ1) is 9.58. The highest BCUT2D eigenvalue weighted by atomic mass is 32.2. The van der Waals surface area contributed by atoms with E-state index in [9.17, 15) is 0 Å². The summed E-state index contributed by atoms with van der Waals surface area (Å²) in [6.07, 6.45) is 2.14. The zero-order chi connectivity index (χ0) is 15.4. The summed E-state index contributed by atoms with van der Waals surface area (Å²) in [5.41, 5.74) is 0.669. The third-order valence-corrected chi connectivity index (χ3v) is 5.89. The Morgan fingerprint density at radius 3 is 1.45 bits per heavy atom. The van der Waals surface area contributed by atoms with Crippen molar-refractivity contribution in [3.63, 3.8) is 0 Å². The molecule has 0 radical (unpaired) electrons. The van der Waals surface area contributed by atoms with Crippen LogP contribution in [-0.4, -0.2) is 60.6 Å². The van der Waals surface area contributed by atoms with Gasteiger partial charge in [0.25, 0.3) is 0 Å². The van der Waals surface area contributed by atoms with Gasteiger partial charge in [-0.15, -0.1) is 23.5 Å². The summed E-state index contributed by atoms with van der Waals surface area (Å²) in [6.45, 7) is 10.1. The molecule has 0 fully saturated rings. The maximum atomic E-state index is 5.72. The Balaban J connectivity index is 4.15. The van der Waals surface area contributed by atoms with Gasteiger partial charge in [0.05, 0.1) is 0 Å². The molecule has 2 atom stereocenters. The first kappa shape index (κ1) is 20.6. The minimum Gasteiger partial charge on any atom is -0.368 e. The van der Waals surface area contributed by atoms with Crippen LogP contribution in [0.15, 0.2) is 0 Å². The Labute approximate surface area is 134 Å². The monoisotopic (exact) mass is 323 g/mol. The quantitative estimate of drug-likeness (QED) is 0.478. The molecule has 0 rings (SSSR count). The summed E-state index contributed by atoms with van der Waals surface area (Å²) in [5.74, 6) is 2.22. The van der Waals surface area contributed by atoms with Gasteiger partial charge in [0.2, 0.25) is 0 Å². The second kappa shape index (κ2) is 13.3. The zero-order valence-electron chi connectivity index (χ0n) is 14.1. The SMILES string of the molecule is CCOC(CC)SCC(CSC(CC)OCC)N(C)C. The van der Waals surface area contributed by atoms with Crippen LogP contribution in [0.3, 0.4) is 0 Å². The molecule has 0 aromatic carbocycles. The molecule has 3 nitrogen and oxygen atoms in total. The largest absolute Gasteiger partial charge is 0.368 e. The van der Waals surface area contributed by atoms with Crippen LogP contribution >= 0.6 is 23.5 Å². The Kier molecular flexibility index (Phi) is 13.6. The Hall–Kier alpha value is 0.580. The lowest BCUT2D eigenvalue weighted by Crippen LogP contribution is -2.34. The van der Waals surface area contributed by atoms with E-state index in [0.717, 1.165) is 37.6 Å². The highest BCUT2D eigenvalue weighted by molar-refractivity contribution is 8.00. The maximum Gasteiger partial charge on any atom is 0.102 e. The molecule has 0 saturated carbocycles. The van der Waals surface area contributed by atoms with Crippen LogP contribution in [-0.2, 0) is 9.47 Å². The van der Waals surface area contributed by atoms with Crippen molar-refractivity contribution in [3.05, 3.63) is 0 Å². The molecule has 0 aliphatic carbocycles. The number of hydrogen-bond donors (Lipinski definition) is 0. The van der Waals surface area contributed by atoms with Crippen LogP contribution in [0.1, 0.15) is 40.5 Å². The Morgan fingerprint density at radius 2 is 1.20 bits per heavy atom. The molecular formula is C15H33NO2S2. The summed E-state index contributed by atoms with van der Waals surface area (Å²) in [6, 6.07) is 0.564. The normalized spacial score (nSPS) is 16.4. The molecule has 0 aromatic rings. The average Bonchev–Trinajstić information content (AvgIpc) is 2.44.